The van der Waals surface area contributed by atoms with Crippen LogP contribution in [0.3, 0.4) is 0 Å². The molecule has 4 heteroatoms. The summed E-state index contributed by atoms with van der Waals surface area (Å²) in [7, 11) is 0. The van der Waals surface area contributed by atoms with E-state index in [0.717, 1.165) is 40.2 Å². The fourth-order valence-corrected chi connectivity index (χ4v) is 5.38. The molecule has 0 amide bonds. The molecule has 0 aromatic heterocycles. The molecule has 0 aliphatic rings. The molecular formula is C35H49N3O. The molecule has 0 aliphatic heterocycles. The Morgan fingerprint density at radius 3 is 1.79 bits per heavy atom. The topological polar surface area (TPSA) is 53.5 Å². The van der Waals surface area contributed by atoms with E-state index in [1.807, 2.05) is 0 Å². The maximum Gasteiger partial charge on any atom is 0.115 e. The van der Waals surface area contributed by atoms with Crippen molar-refractivity contribution in [2.24, 2.45) is 16.5 Å². The van der Waals surface area contributed by atoms with E-state index < -0.39 is 0 Å². The minimum atomic E-state index is -0.172. The lowest BCUT2D eigenvalue weighted by atomic mass is 9.78. The third kappa shape index (κ3) is 8.95. The Labute approximate surface area is 237 Å². The first-order valence-electron chi connectivity index (χ1n) is 14.3. The fourth-order valence-electron chi connectivity index (χ4n) is 5.38. The monoisotopic (exact) mass is 527 g/mol. The van der Waals surface area contributed by atoms with E-state index in [-0.39, 0.29) is 10.8 Å². The van der Waals surface area contributed by atoms with Gasteiger partial charge in [0, 0.05) is 23.6 Å². The molecule has 0 saturated carbocycles. The highest BCUT2D eigenvalue weighted by Gasteiger charge is 2.27. The summed E-state index contributed by atoms with van der Waals surface area (Å²) in [6.45, 7) is 22.8. The lowest BCUT2D eigenvalue weighted by Crippen LogP contribution is -2.18. The van der Waals surface area contributed by atoms with Gasteiger partial charge in [-0.05, 0) is 98.8 Å². The van der Waals surface area contributed by atoms with Crippen molar-refractivity contribution in [3.8, 4) is 0 Å². The second kappa shape index (κ2) is 11.9. The Hall–Kier alpha value is -3.14. The van der Waals surface area contributed by atoms with Gasteiger partial charge in [-0.25, -0.2) is 0 Å². The predicted molar refractivity (Wildman–Crippen MR) is 170 cm³/mol. The van der Waals surface area contributed by atoms with E-state index in [1.165, 1.54) is 12.0 Å². The summed E-state index contributed by atoms with van der Waals surface area (Å²) < 4.78 is 0. The third-order valence-corrected chi connectivity index (χ3v) is 7.02. The number of hydrogen-bond donors (Lipinski definition) is 2. The first kappa shape index (κ1) is 30.4. The molecular weight excluding hydrogens is 478 g/mol. The first-order valence-corrected chi connectivity index (χ1v) is 14.3. The van der Waals surface area contributed by atoms with Crippen LogP contribution in [0.25, 0.3) is 0 Å². The SMILES string of the molecule is CC(Cc1cccc(Nc2ccc(NCc3cc(C(C)(C)C)c(N=O)c(C(C)(C)C)c3)cc2)c1)CC(C)(C)C. The summed E-state index contributed by atoms with van der Waals surface area (Å²) in [5.41, 5.74) is 8.34. The van der Waals surface area contributed by atoms with Gasteiger partial charge in [0.15, 0.2) is 0 Å². The van der Waals surface area contributed by atoms with E-state index in [0.29, 0.717) is 23.6 Å². The van der Waals surface area contributed by atoms with E-state index in [1.54, 1.807) is 0 Å². The third-order valence-electron chi connectivity index (χ3n) is 7.02. The number of hydrogen-bond acceptors (Lipinski definition) is 4. The van der Waals surface area contributed by atoms with Crippen LogP contribution in [0, 0.1) is 16.2 Å². The molecule has 0 spiro atoms. The number of nitrogens with zero attached hydrogens (tertiary/aromatic N) is 1. The highest BCUT2D eigenvalue weighted by Crippen LogP contribution is 2.40. The minimum absolute atomic E-state index is 0.172. The molecule has 0 radical (unpaired) electrons. The molecule has 0 bridgehead atoms. The summed E-state index contributed by atoms with van der Waals surface area (Å²) in [6, 6.07) is 21.4. The lowest BCUT2D eigenvalue weighted by Gasteiger charge is -2.28. The average Bonchev–Trinajstić information content (AvgIpc) is 2.81. The van der Waals surface area contributed by atoms with Crippen LogP contribution in [0.4, 0.5) is 22.7 Å². The maximum absolute atomic E-state index is 11.8. The van der Waals surface area contributed by atoms with E-state index in [2.05, 4.69) is 146 Å². The molecule has 0 saturated heterocycles. The highest BCUT2D eigenvalue weighted by atomic mass is 16.3. The van der Waals surface area contributed by atoms with Crippen molar-refractivity contribution in [3.63, 3.8) is 0 Å². The molecule has 1 atom stereocenters. The number of rotatable bonds is 9. The quantitative estimate of drug-likeness (QED) is 0.272. The minimum Gasteiger partial charge on any atom is -0.381 e. The average molecular weight is 528 g/mol. The number of benzene rings is 3. The number of nitrogens with one attached hydrogen (secondary N) is 2. The van der Waals surface area contributed by atoms with Gasteiger partial charge in [-0.2, -0.15) is 0 Å². The van der Waals surface area contributed by atoms with Crippen LogP contribution >= 0.6 is 0 Å². The zero-order valence-corrected chi connectivity index (χ0v) is 25.8. The van der Waals surface area contributed by atoms with Gasteiger partial charge in [0.25, 0.3) is 0 Å². The summed E-state index contributed by atoms with van der Waals surface area (Å²) in [6.07, 6.45) is 2.31. The van der Waals surface area contributed by atoms with Crippen molar-refractivity contribution in [1.82, 2.24) is 0 Å². The molecule has 210 valence electrons. The van der Waals surface area contributed by atoms with Crippen LogP contribution in [-0.4, -0.2) is 0 Å². The molecule has 3 aromatic rings. The van der Waals surface area contributed by atoms with Gasteiger partial charge in [0.1, 0.15) is 5.69 Å². The van der Waals surface area contributed by atoms with Crippen LogP contribution in [0.2, 0.25) is 0 Å². The van der Waals surface area contributed by atoms with E-state index in [9.17, 15) is 4.91 Å². The largest absolute Gasteiger partial charge is 0.381 e. The van der Waals surface area contributed by atoms with Crippen LogP contribution in [0.5, 0.6) is 0 Å². The zero-order valence-electron chi connectivity index (χ0n) is 25.8. The van der Waals surface area contributed by atoms with Gasteiger partial charge in [0.05, 0.1) is 0 Å². The molecule has 39 heavy (non-hydrogen) atoms. The van der Waals surface area contributed by atoms with Crippen molar-refractivity contribution >= 4 is 22.7 Å². The molecule has 0 fully saturated rings. The Kier molecular flexibility index (Phi) is 9.31. The van der Waals surface area contributed by atoms with Crippen molar-refractivity contribution in [2.75, 3.05) is 10.6 Å². The van der Waals surface area contributed by atoms with Crippen molar-refractivity contribution < 1.29 is 0 Å². The smallest absolute Gasteiger partial charge is 0.115 e. The predicted octanol–water partition coefficient (Wildman–Crippen LogP) is 10.6. The molecule has 3 rings (SSSR count). The van der Waals surface area contributed by atoms with E-state index in [4.69, 9.17) is 0 Å². The van der Waals surface area contributed by atoms with E-state index >= 15 is 0 Å². The van der Waals surface area contributed by atoms with Gasteiger partial charge in [-0.1, -0.05) is 93.5 Å². The Bertz CT molecular complexity index is 1220. The van der Waals surface area contributed by atoms with Gasteiger partial charge in [-0.3, -0.25) is 0 Å². The van der Waals surface area contributed by atoms with Crippen LogP contribution in [0.15, 0.2) is 65.8 Å². The highest BCUT2D eigenvalue weighted by molar-refractivity contribution is 5.64. The molecule has 1 unspecified atom stereocenters. The Morgan fingerprint density at radius 2 is 1.28 bits per heavy atom. The maximum atomic E-state index is 11.8. The van der Waals surface area contributed by atoms with Crippen molar-refractivity contribution in [3.05, 3.63) is 87.8 Å². The molecule has 3 aromatic carbocycles. The zero-order chi connectivity index (χ0) is 29.0. The van der Waals surface area contributed by atoms with Gasteiger partial charge in [0.2, 0.25) is 0 Å². The van der Waals surface area contributed by atoms with Gasteiger partial charge < -0.3 is 10.6 Å². The van der Waals surface area contributed by atoms with Crippen molar-refractivity contribution in [2.45, 2.75) is 99.5 Å². The number of anilines is 3. The Morgan fingerprint density at radius 1 is 0.718 bits per heavy atom. The Balaban J connectivity index is 1.70. The van der Waals surface area contributed by atoms with Crippen LogP contribution < -0.4 is 10.6 Å². The molecule has 0 aliphatic carbocycles. The normalized spacial score (nSPS) is 13.2. The fraction of sp³-hybridized carbons (Fsp3) is 0.486. The summed E-state index contributed by atoms with van der Waals surface area (Å²) in [5.74, 6) is 0.649. The molecule has 2 N–H and O–H groups in total. The first-order chi connectivity index (χ1) is 18.0. The summed E-state index contributed by atoms with van der Waals surface area (Å²) >= 11 is 0. The molecule has 0 heterocycles. The van der Waals surface area contributed by atoms with Gasteiger partial charge >= 0.3 is 0 Å². The second-order valence-electron chi connectivity index (χ2n) is 14.5. The summed E-state index contributed by atoms with van der Waals surface area (Å²) in [4.78, 5) is 11.8. The summed E-state index contributed by atoms with van der Waals surface area (Å²) in [5, 5.41) is 10.6. The standard InChI is InChI=1S/C35H49N3O/c1-24(22-33(2,3)4)18-25-12-11-13-29(19-25)37-28-16-14-27(15-17-28)36-23-26-20-30(34(5,6)7)32(38-39)31(21-26)35(8,9)10/h11-17,19-21,24,36-37H,18,22-23H2,1-10H3. The van der Waals surface area contributed by atoms with Crippen LogP contribution in [0.1, 0.15) is 97.9 Å². The lowest BCUT2D eigenvalue weighted by molar-refractivity contribution is 0.306. The second-order valence-corrected chi connectivity index (χ2v) is 14.5. The van der Waals surface area contributed by atoms with Gasteiger partial charge in [-0.15, -0.1) is 4.91 Å². The van der Waals surface area contributed by atoms with Crippen LogP contribution in [-0.2, 0) is 23.8 Å². The number of nitroso groups, excluding NO2 is 1. The molecule has 4 nitrogen and oxygen atoms in total. The van der Waals surface area contributed by atoms with Crippen molar-refractivity contribution in [1.29, 1.82) is 0 Å².